The zero-order chi connectivity index (χ0) is 51.7. The van der Waals surface area contributed by atoms with Crippen molar-refractivity contribution in [1.82, 2.24) is 39.7 Å². The number of benzene rings is 3. The number of imide groups is 2. The Morgan fingerprint density at radius 1 is 0.932 bits per heavy atom. The molecular formula is C52H52F3N11O7S. The number of fused-ring (bicyclic) bond motifs is 2. The average molecular weight is 1030 g/mol. The van der Waals surface area contributed by atoms with Gasteiger partial charge in [-0.2, -0.15) is 19.0 Å². The summed E-state index contributed by atoms with van der Waals surface area (Å²) in [6.45, 7) is 4.23. The fourth-order valence-electron chi connectivity index (χ4n) is 11.6. The first-order valence-corrected chi connectivity index (χ1v) is 25.8. The lowest BCUT2D eigenvalue weighted by molar-refractivity contribution is -0.146. The summed E-state index contributed by atoms with van der Waals surface area (Å²) in [5.74, 6) is -5.27. The smallest absolute Gasteiger partial charge is 0.330 e. The van der Waals surface area contributed by atoms with Crippen molar-refractivity contribution in [1.29, 1.82) is 0 Å². The van der Waals surface area contributed by atoms with Crippen LogP contribution in [0.25, 0.3) is 33.3 Å². The predicted octanol–water partition coefficient (Wildman–Crippen LogP) is 6.92. The Morgan fingerprint density at radius 2 is 1.68 bits per heavy atom. The zero-order valence-electron chi connectivity index (χ0n) is 40.4. The van der Waals surface area contributed by atoms with E-state index in [4.69, 9.17) is 20.7 Å². The molecule has 1 saturated carbocycles. The van der Waals surface area contributed by atoms with E-state index in [-0.39, 0.29) is 58.9 Å². The molecule has 4 aliphatic heterocycles. The van der Waals surface area contributed by atoms with Crippen molar-refractivity contribution in [2.45, 2.75) is 82.2 Å². The number of pyridine rings is 1. The molecule has 5 amide bonds. The van der Waals surface area contributed by atoms with Gasteiger partial charge in [0, 0.05) is 74.6 Å². The minimum absolute atomic E-state index is 0.0273. The Balaban J connectivity index is 0.727. The third-order valence-electron chi connectivity index (χ3n) is 15.5. The number of rotatable bonds is 12. The van der Waals surface area contributed by atoms with Crippen LogP contribution in [0.4, 0.5) is 30.4 Å². The normalized spacial score (nSPS) is 20.0. The highest BCUT2D eigenvalue weighted by molar-refractivity contribution is 7.86. The van der Waals surface area contributed by atoms with E-state index < -0.39 is 58.3 Å². The molecule has 3 aromatic carbocycles. The number of piperidine rings is 3. The second kappa shape index (κ2) is 19.0. The Bertz CT molecular complexity index is 3290. The number of alkyl halides is 2. The number of halogens is 3. The third-order valence-corrected chi connectivity index (χ3v) is 16.3. The molecule has 0 radical (unpaired) electrons. The van der Waals surface area contributed by atoms with Crippen molar-refractivity contribution < 1.29 is 46.1 Å². The van der Waals surface area contributed by atoms with E-state index in [2.05, 4.69) is 19.9 Å². The molecule has 3 atom stereocenters. The number of hydrogen-bond acceptors (Lipinski definition) is 12. The number of nitrogens with two attached hydrogens (primary N) is 1. The first-order chi connectivity index (χ1) is 35.6. The van der Waals surface area contributed by atoms with Crippen LogP contribution in [0.3, 0.4) is 0 Å². The molecule has 7 heterocycles. The van der Waals surface area contributed by atoms with Crippen molar-refractivity contribution in [2.75, 3.05) is 41.5 Å². The van der Waals surface area contributed by atoms with Crippen LogP contribution in [0, 0.1) is 17.2 Å². The number of nitrogens with zero attached hydrogens (tertiary/aromatic N) is 8. The monoisotopic (exact) mass is 1030 g/mol. The lowest BCUT2D eigenvalue weighted by Gasteiger charge is -2.53. The lowest BCUT2D eigenvalue weighted by Crippen LogP contribution is -2.54. The topological polar surface area (TPSA) is 220 Å². The summed E-state index contributed by atoms with van der Waals surface area (Å²) in [4.78, 5) is 75.2. The van der Waals surface area contributed by atoms with Crippen LogP contribution >= 0.6 is 0 Å². The van der Waals surface area contributed by atoms with E-state index in [0.717, 1.165) is 41.7 Å². The summed E-state index contributed by atoms with van der Waals surface area (Å²) in [6.07, 6.45) is 9.60. The maximum Gasteiger partial charge on any atom is 0.330 e. The number of carbonyl (C=O) groups is 5. The number of aromatic nitrogens is 5. The minimum Gasteiger partial charge on any atom is -0.484 e. The quantitative estimate of drug-likeness (QED) is 0.106. The second-order valence-corrected chi connectivity index (χ2v) is 21.1. The van der Waals surface area contributed by atoms with Crippen molar-refractivity contribution >= 4 is 68.6 Å². The number of likely N-dealkylation sites (tertiary alicyclic amines) is 1. The molecule has 1 spiro atoms. The van der Waals surface area contributed by atoms with Crippen molar-refractivity contribution in [2.24, 2.45) is 18.4 Å². The summed E-state index contributed by atoms with van der Waals surface area (Å²) in [6, 6.07) is 14.6. The summed E-state index contributed by atoms with van der Waals surface area (Å²) in [7, 11) is -0.947. The molecule has 0 bridgehead atoms. The zero-order valence-corrected chi connectivity index (χ0v) is 41.2. The molecule has 3 saturated heterocycles. The molecule has 18 nitrogen and oxygen atoms in total. The molecule has 22 heteroatoms. The molecule has 3 aromatic heterocycles. The Morgan fingerprint density at radius 3 is 2.39 bits per heavy atom. The van der Waals surface area contributed by atoms with Gasteiger partial charge in [-0.05, 0) is 99.2 Å². The number of anilines is 3. The summed E-state index contributed by atoms with van der Waals surface area (Å²) < 4.78 is 64.9. The van der Waals surface area contributed by atoms with E-state index in [0.29, 0.717) is 78.0 Å². The van der Waals surface area contributed by atoms with Gasteiger partial charge in [-0.3, -0.25) is 48.3 Å². The summed E-state index contributed by atoms with van der Waals surface area (Å²) in [5.41, 5.74) is 11.6. The summed E-state index contributed by atoms with van der Waals surface area (Å²) in [5, 5.41) is 12.4. The van der Waals surface area contributed by atoms with Crippen molar-refractivity contribution in [3.63, 3.8) is 0 Å². The maximum atomic E-state index is 13.9. The Labute approximate surface area is 425 Å². The van der Waals surface area contributed by atoms with E-state index in [9.17, 15) is 41.4 Å². The highest BCUT2D eigenvalue weighted by Crippen LogP contribution is 2.54. The number of nitrogens with one attached hydrogen (secondary N) is 2. The Hall–Kier alpha value is -7.62. The van der Waals surface area contributed by atoms with Gasteiger partial charge >= 0.3 is 5.76 Å². The van der Waals surface area contributed by atoms with Gasteiger partial charge in [0.15, 0.2) is 11.0 Å². The molecular weight excluding hydrogens is 980 g/mol. The number of hydrogen-bond donors (Lipinski definition) is 3. The number of amides is 5. The van der Waals surface area contributed by atoms with Gasteiger partial charge in [-0.25, -0.2) is 13.6 Å². The van der Waals surface area contributed by atoms with Gasteiger partial charge in [-0.15, -0.1) is 0 Å². The standard InChI is InChI=1S/C52H52F3N11O7S/c1-28(29-6-9-33(53)10-7-29)73-40-22-30(8-11-37(40)61-74(72)51(54)55)44-43-45(62(2)60-44)36(26-57-46(43)56)32-25-58-65(27-32)34-14-18-64(19-15-34)48(69)31-23-52(24-31)16-20-63(21-17-52)38-5-3-4-35-42(38)50(71)66(49(35)70)39-12-13-41(67)59-47(39)68/h3-11,22,25-28,31,34,39,51,61H,12-21,23-24H2,1-2H3,(H2,56,57)(H,59,67,68). The maximum absolute atomic E-state index is 13.9. The highest BCUT2D eigenvalue weighted by Gasteiger charge is 2.51. The second-order valence-electron chi connectivity index (χ2n) is 19.9. The largest absolute Gasteiger partial charge is 0.484 e. The first-order valence-electron chi connectivity index (χ1n) is 24.6. The fourth-order valence-corrected chi connectivity index (χ4v) is 12.1. The van der Waals surface area contributed by atoms with E-state index >= 15 is 0 Å². The number of ether oxygens (including phenoxy) is 1. The molecule has 384 valence electrons. The van der Waals surface area contributed by atoms with Gasteiger partial charge in [0.1, 0.15) is 35.2 Å². The predicted molar refractivity (Wildman–Crippen MR) is 267 cm³/mol. The van der Waals surface area contributed by atoms with Gasteiger partial charge in [0.05, 0.1) is 45.6 Å². The van der Waals surface area contributed by atoms with Gasteiger partial charge < -0.3 is 20.3 Å². The van der Waals surface area contributed by atoms with Crippen LogP contribution < -0.4 is 25.4 Å². The molecule has 1 aliphatic carbocycles. The lowest BCUT2D eigenvalue weighted by atomic mass is 9.57. The van der Waals surface area contributed by atoms with Crippen LogP contribution in [0.2, 0.25) is 0 Å². The average Bonchev–Trinajstić information content (AvgIpc) is 4.09. The van der Waals surface area contributed by atoms with E-state index in [1.165, 1.54) is 18.2 Å². The first kappa shape index (κ1) is 48.6. The van der Waals surface area contributed by atoms with Gasteiger partial charge in [-0.1, -0.05) is 24.3 Å². The molecule has 4 N–H and O–H groups in total. The van der Waals surface area contributed by atoms with Crippen LogP contribution in [0.15, 0.2) is 79.3 Å². The van der Waals surface area contributed by atoms with Gasteiger partial charge in [0.25, 0.3) is 11.8 Å². The molecule has 11 rings (SSSR count). The SMILES string of the molecule is CC(Oc1cc(-c2nn(C)c3c(-c4cnn(C5CCN(C(=O)C6CC7(CCN(c8cccc9c8C(=O)N(C8CCC(=O)NC8=O)C9=O)CC7)C6)CC5)c4)cnc(N)c23)ccc1NS(=O)C(F)F)c1ccc(F)cc1. The van der Waals surface area contributed by atoms with Crippen molar-refractivity contribution in [3.8, 4) is 28.1 Å². The van der Waals surface area contributed by atoms with Gasteiger partial charge in [0.2, 0.25) is 17.7 Å². The van der Waals surface area contributed by atoms with E-state index in [1.54, 1.807) is 67.4 Å². The van der Waals surface area contributed by atoms with Crippen molar-refractivity contribution in [3.05, 3.63) is 102 Å². The highest BCUT2D eigenvalue weighted by atomic mass is 32.2. The number of carbonyl (C=O) groups excluding carboxylic acids is 5. The van der Waals surface area contributed by atoms with Crippen LogP contribution in [-0.2, 0) is 32.4 Å². The Kier molecular flexibility index (Phi) is 12.5. The molecule has 6 aromatic rings. The molecule has 5 aliphatic rings. The van der Waals surface area contributed by atoms with Crippen LogP contribution in [0.1, 0.15) is 96.7 Å². The summed E-state index contributed by atoms with van der Waals surface area (Å²) >= 11 is 0. The number of nitrogen functional groups attached to an aromatic ring is 1. The molecule has 74 heavy (non-hydrogen) atoms. The number of aryl methyl sites for hydroxylation is 1. The molecule has 4 fully saturated rings. The fraction of sp³-hybridized carbons (Fsp3) is 0.385. The molecule has 3 unspecified atom stereocenters. The van der Waals surface area contributed by atoms with E-state index in [1.807, 2.05) is 21.8 Å². The van der Waals surface area contributed by atoms with Crippen LogP contribution in [0.5, 0.6) is 5.75 Å². The third kappa shape index (κ3) is 8.70. The van der Waals surface area contributed by atoms with Crippen LogP contribution in [-0.4, -0.2) is 106 Å². The minimum atomic E-state index is -3.16.